The predicted molar refractivity (Wildman–Crippen MR) is 169 cm³/mol. The number of carbonyl (C=O) groups excluding carboxylic acids is 1. The Labute approximate surface area is 266 Å². The molecule has 1 saturated heterocycles. The first kappa shape index (κ1) is 33.4. The number of aromatic nitrogens is 2. The summed E-state index contributed by atoms with van der Waals surface area (Å²) in [7, 11) is 1.09. The van der Waals surface area contributed by atoms with E-state index in [0.717, 1.165) is 49.0 Å². The molecule has 1 aromatic heterocycles. The molecule has 5 rings (SSSR count). The minimum atomic E-state index is -3.65. The van der Waals surface area contributed by atoms with Gasteiger partial charge in [0.05, 0.1) is 42.3 Å². The van der Waals surface area contributed by atoms with Crippen molar-refractivity contribution in [1.82, 2.24) is 24.5 Å². The standard InChI is InChI=1S/C31H38F3N7O4S/c1-31(33,34)22-16-35-30(39-28(22)37-25-13-18-9-6-7-11-20(18)27(25)41(3)46(5,43)44)38-24-15-23(32)21(14-26(24)45-4)29(42)36-19-10-8-12-40(2)17-19/h6-7,9,11,14-16,19,25,27H,8,10,12-13,17H2,1-5H3,(H,36,42)(H2,35,37,38,39). The number of anilines is 3. The van der Waals surface area contributed by atoms with Crippen LogP contribution in [0.3, 0.4) is 0 Å². The molecule has 1 aliphatic carbocycles. The number of likely N-dealkylation sites (N-methyl/N-ethyl adjacent to an activating group) is 2. The van der Waals surface area contributed by atoms with Crippen molar-refractivity contribution in [2.24, 2.45) is 0 Å². The highest BCUT2D eigenvalue weighted by Crippen LogP contribution is 2.40. The summed E-state index contributed by atoms with van der Waals surface area (Å²) in [4.78, 5) is 23.4. The number of nitrogens with zero attached hydrogens (tertiary/aromatic N) is 4. The first-order chi connectivity index (χ1) is 21.7. The summed E-state index contributed by atoms with van der Waals surface area (Å²) in [5, 5.41) is 8.75. The molecule has 46 heavy (non-hydrogen) atoms. The summed E-state index contributed by atoms with van der Waals surface area (Å²) in [6, 6.07) is 8.15. The third kappa shape index (κ3) is 7.21. The van der Waals surface area contributed by atoms with E-state index in [9.17, 15) is 22.0 Å². The number of sulfonamides is 1. The fraction of sp³-hybridized carbons (Fsp3) is 0.452. The summed E-state index contributed by atoms with van der Waals surface area (Å²) in [6.07, 6.45) is 4.09. The Morgan fingerprint density at radius 3 is 2.63 bits per heavy atom. The number of alkyl halides is 2. The Kier molecular flexibility index (Phi) is 9.47. The number of benzene rings is 2. The first-order valence-electron chi connectivity index (χ1n) is 14.8. The van der Waals surface area contributed by atoms with E-state index in [1.807, 2.05) is 25.2 Å². The van der Waals surface area contributed by atoms with Gasteiger partial charge in [0, 0.05) is 38.8 Å². The van der Waals surface area contributed by atoms with Crippen LogP contribution in [-0.4, -0.2) is 86.1 Å². The Morgan fingerprint density at radius 2 is 1.96 bits per heavy atom. The highest BCUT2D eigenvalue weighted by Gasteiger charge is 2.40. The maximum atomic E-state index is 15.3. The van der Waals surface area contributed by atoms with E-state index in [0.29, 0.717) is 19.9 Å². The monoisotopic (exact) mass is 661 g/mol. The molecule has 0 saturated carbocycles. The van der Waals surface area contributed by atoms with Gasteiger partial charge in [-0.1, -0.05) is 24.3 Å². The Bertz CT molecular complexity index is 1720. The summed E-state index contributed by atoms with van der Waals surface area (Å²) < 4.78 is 76.6. The van der Waals surface area contributed by atoms with E-state index in [1.54, 1.807) is 6.07 Å². The number of likely N-dealkylation sites (tertiary alicyclic amines) is 1. The highest BCUT2D eigenvalue weighted by molar-refractivity contribution is 7.88. The Morgan fingerprint density at radius 1 is 1.22 bits per heavy atom. The molecule has 0 radical (unpaired) electrons. The molecular formula is C31H38F3N7O4S. The average molecular weight is 662 g/mol. The second kappa shape index (κ2) is 13.0. The summed E-state index contributed by atoms with van der Waals surface area (Å²) in [5.41, 5.74) is 0.983. The molecule has 1 aliphatic heterocycles. The van der Waals surface area contributed by atoms with Crippen molar-refractivity contribution in [3.63, 3.8) is 0 Å². The second-order valence-corrected chi connectivity index (χ2v) is 14.0. The van der Waals surface area contributed by atoms with Crippen molar-refractivity contribution in [3.8, 4) is 5.75 Å². The lowest BCUT2D eigenvalue weighted by Crippen LogP contribution is -2.46. The fourth-order valence-corrected chi connectivity index (χ4v) is 6.74. The van der Waals surface area contributed by atoms with Gasteiger partial charge in [-0.2, -0.15) is 9.29 Å². The third-order valence-electron chi connectivity index (χ3n) is 8.43. The highest BCUT2D eigenvalue weighted by atomic mass is 32.2. The molecule has 3 unspecified atom stereocenters. The number of rotatable bonds is 10. The summed E-state index contributed by atoms with van der Waals surface area (Å²) in [5.74, 6) is -5.02. The smallest absolute Gasteiger partial charge is 0.275 e. The van der Waals surface area contributed by atoms with Gasteiger partial charge < -0.3 is 25.6 Å². The molecule has 11 nitrogen and oxygen atoms in total. The minimum Gasteiger partial charge on any atom is -0.495 e. The van der Waals surface area contributed by atoms with Crippen molar-refractivity contribution in [3.05, 3.63) is 70.7 Å². The number of hydrogen-bond donors (Lipinski definition) is 3. The zero-order valence-electron chi connectivity index (χ0n) is 26.3. The normalized spacial score (nSPS) is 20.3. The van der Waals surface area contributed by atoms with Crippen LogP contribution in [0.15, 0.2) is 42.6 Å². The van der Waals surface area contributed by atoms with Gasteiger partial charge in [-0.3, -0.25) is 4.79 Å². The molecule has 1 fully saturated rings. The van der Waals surface area contributed by atoms with Crippen LogP contribution in [0, 0.1) is 5.82 Å². The molecule has 2 aliphatic rings. The maximum Gasteiger partial charge on any atom is 0.275 e. The number of nitrogens with one attached hydrogen (secondary N) is 3. The first-order valence-corrected chi connectivity index (χ1v) is 16.7. The van der Waals surface area contributed by atoms with Gasteiger partial charge >= 0.3 is 0 Å². The van der Waals surface area contributed by atoms with Gasteiger partial charge in [-0.15, -0.1) is 0 Å². The fourth-order valence-electron chi connectivity index (χ4n) is 6.07. The molecular weight excluding hydrogens is 623 g/mol. The Hall–Kier alpha value is -3.95. The molecule has 1 amide bonds. The lowest BCUT2D eigenvalue weighted by atomic mass is 10.1. The molecule has 3 atom stereocenters. The number of carbonyl (C=O) groups is 1. The third-order valence-corrected chi connectivity index (χ3v) is 9.71. The quantitative estimate of drug-likeness (QED) is 0.292. The van der Waals surface area contributed by atoms with Crippen LogP contribution < -0.4 is 20.7 Å². The number of hydrogen-bond acceptors (Lipinski definition) is 9. The molecule has 2 heterocycles. The average Bonchev–Trinajstić information content (AvgIpc) is 3.33. The number of piperidine rings is 1. The minimum absolute atomic E-state index is 0.0684. The summed E-state index contributed by atoms with van der Waals surface area (Å²) >= 11 is 0. The maximum absolute atomic E-state index is 15.3. The number of methoxy groups -OCH3 is 1. The zero-order valence-corrected chi connectivity index (χ0v) is 27.1. The van der Waals surface area contributed by atoms with E-state index in [-0.39, 0.29) is 34.8 Å². The van der Waals surface area contributed by atoms with Crippen LogP contribution in [0.5, 0.6) is 5.75 Å². The van der Waals surface area contributed by atoms with Gasteiger partial charge in [0.2, 0.25) is 16.0 Å². The SMILES string of the molecule is COc1cc(C(=O)NC2CCCN(C)C2)c(F)cc1Nc1ncc(C(C)(F)F)c(NC2Cc3ccccc3C2N(C)S(C)(=O)=O)n1. The van der Waals surface area contributed by atoms with Crippen LogP contribution >= 0.6 is 0 Å². The topological polar surface area (TPSA) is 129 Å². The lowest BCUT2D eigenvalue weighted by Gasteiger charge is -2.30. The van der Waals surface area contributed by atoms with Crippen molar-refractivity contribution in [1.29, 1.82) is 0 Å². The van der Waals surface area contributed by atoms with E-state index in [2.05, 4.69) is 30.8 Å². The molecule has 0 spiro atoms. The van der Waals surface area contributed by atoms with Gasteiger partial charge in [0.1, 0.15) is 17.4 Å². The van der Waals surface area contributed by atoms with Crippen LogP contribution in [-0.2, 0) is 22.4 Å². The van der Waals surface area contributed by atoms with Crippen molar-refractivity contribution < 1.29 is 31.1 Å². The van der Waals surface area contributed by atoms with Crippen LogP contribution in [0.25, 0.3) is 0 Å². The predicted octanol–water partition coefficient (Wildman–Crippen LogP) is 4.27. The van der Waals surface area contributed by atoms with Crippen LogP contribution in [0.2, 0.25) is 0 Å². The summed E-state index contributed by atoms with van der Waals surface area (Å²) in [6.45, 7) is 2.29. The number of amides is 1. The van der Waals surface area contributed by atoms with Crippen molar-refractivity contribution >= 4 is 33.4 Å². The van der Waals surface area contributed by atoms with E-state index in [4.69, 9.17) is 4.74 Å². The second-order valence-electron chi connectivity index (χ2n) is 12.0. The van der Waals surface area contributed by atoms with E-state index in [1.165, 1.54) is 24.5 Å². The van der Waals surface area contributed by atoms with Crippen molar-refractivity contribution in [2.45, 2.75) is 50.2 Å². The van der Waals surface area contributed by atoms with E-state index < -0.39 is 45.3 Å². The van der Waals surface area contributed by atoms with Gasteiger partial charge in [-0.25, -0.2) is 26.6 Å². The molecule has 3 aromatic rings. The largest absolute Gasteiger partial charge is 0.495 e. The molecule has 248 valence electrons. The molecule has 3 N–H and O–H groups in total. The lowest BCUT2D eigenvalue weighted by molar-refractivity contribution is 0.0175. The number of fused-ring (bicyclic) bond motifs is 1. The molecule has 0 bridgehead atoms. The number of ether oxygens (including phenoxy) is 1. The number of halogens is 3. The van der Waals surface area contributed by atoms with Gasteiger partial charge in [-0.05, 0) is 50.0 Å². The van der Waals surface area contributed by atoms with Crippen LogP contribution in [0.4, 0.5) is 30.6 Å². The zero-order chi connectivity index (χ0) is 33.4. The van der Waals surface area contributed by atoms with Gasteiger partial charge in [0.25, 0.3) is 11.8 Å². The Balaban J connectivity index is 1.44. The molecule has 15 heteroatoms. The molecule has 2 aromatic carbocycles. The van der Waals surface area contributed by atoms with Gasteiger partial charge in [0.15, 0.2) is 0 Å². The van der Waals surface area contributed by atoms with Crippen molar-refractivity contribution in [2.75, 3.05) is 51.2 Å². The van der Waals surface area contributed by atoms with E-state index >= 15 is 4.39 Å². The van der Waals surface area contributed by atoms with Crippen LogP contribution in [0.1, 0.15) is 52.9 Å².